The van der Waals surface area contributed by atoms with Gasteiger partial charge in [0.05, 0.1) is 5.02 Å². The minimum Gasteiger partial charge on any atom is -0.304 e. The lowest BCUT2D eigenvalue weighted by Gasteiger charge is -1.71. The molecule has 0 bridgehead atoms. The van der Waals surface area contributed by atoms with Gasteiger partial charge in [-0.05, 0) is 18.5 Å². The average Bonchev–Trinajstić information content (AvgIpc) is 2.19. The van der Waals surface area contributed by atoms with Gasteiger partial charge in [0.25, 0.3) is 0 Å². The number of carbonyl (C=O) groups excluding carboxylic acids is 1. The second kappa shape index (κ2) is 5.65. The lowest BCUT2D eigenvalue weighted by molar-refractivity contribution is -0.106. The molecule has 0 aliphatic rings. The van der Waals surface area contributed by atoms with Crippen LogP contribution in [0.2, 0.25) is 10.2 Å². The number of rotatable bonds is 0. The molecule has 0 aliphatic carbocycles. The second-order valence-electron chi connectivity index (χ2n) is 1.19. The Bertz CT molecular complexity index is 185. The predicted molar refractivity (Wildman–Crippen MR) is 43.9 cm³/mol. The van der Waals surface area contributed by atoms with Gasteiger partial charge in [-0.3, -0.25) is 0 Å². The third-order valence-electron chi connectivity index (χ3n) is 0.486. The van der Waals surface area contributed by atoms with Gasteiger partial charge in [-0.25, -0.2) is 0 Å². The Hall–Kier alpha value is -0.120. The standard InChI is InChI=1S/C3HCl2NS.C2H4O/c4-2-1-7-6-3(2)5;1-2-3/h1H;2H,1H3. The van der Waals surface area contributed by atoms with Gasteiger partial charge in [0.2, 0.25) is 0 Å². The van der Waals surface area contributed by atoms with E-state index in [1.165, 1.54) is 18.5 Å². The van der Waals surface area contributed by atoms with E-state index in [2.05, 4.69) is 4.37 Å². The van der Waals surface area contributed by atoms with Gasteiger partial charge in [0.15, 0.2) is 5.15 Å². The van der Waals surface area contributed by atoms with Crippen molar-refractivity contribution in [2.24, 2.45) is 0 Å². The van der Waals surface area contributed by atoms with Crippen molar-refractivity contribution in [3.05, 3.63) is 15.6 Å². The average molecular weight is 198 g/mol. The van der Waals surface area contributed by atoms with Crippen molar-refractivity contribution in [3.63, 3.8) is 0 Å². The van der Waals surface area contributed by atoms with E-state index in [1.54, 1.807) is 5.38 Å². The zero-order valence-corrected chi connectivity index (χ0v) is 7.50. The molecule has 0 radical (unpaired) electrons. The van der Waals surface area contributed by atoms with Crippen LogP contribution in [-0.2, 0) is 4.79 Å². The highest BCUT2D eigenvalue weighted by molar-refractivity contribution is 7.04. The van der Waals surface area contributed by atoms with Crippen LogP contribution >= 0.6 is 34.7 Å². The number of aromatic nitrogens is 1. The monoisotopic (exact) mass is 197 g/mol. The summed E-state index contributed by atoms with van der Waals surface area (Å²) in [7, 11) is 0. The van der Waals surface area contributed by atoms with Crippen LogP contribution in [0.5, 0.6) is 0 Å². The summed E-state index contributed by atoms with van der Waals surface area (Å²) in [6, 6.07) is 0. The van der Waals surface area contributed by atoms with E-state index in [0.29, 0.717) is 10.2 Å². The normalized spacial score (nSPS) is 7.90. The summed E-state index contributed by atoms with van der Waals surface area (Å²) < 4.78 is 3.69. The van der Waals surface area contributed by atoms with E-state index in [1.807, 2.05) is 0 Å². The van der Waals surface area contributed by atoms with Crippen molar-refractivity contribution in [3.8, 4) is 0 Å². The molecule has 0 fully saturated rings. The highest BCUT2D eigenvalue weighted by Gasteiger charge is 1.94. The molecule has 0 saturated heterocycles. The molecule has 10 heavy (non-hydrogen) atoms. The lowest BCUT2D eigenvalue weighted by Crippen LogP contribution is -1.52. The summed E-state index contributed by atoms with van der Waals surface area (Å²) in [6.07, 6.45) is 0.750. The first-order valence-electron chi connectivity index (χ1n) is 2.37. The molecule has 1 aromatic rings. The molecule has 1 aromatic heterocycles. The summed E-state index contributed by atoms with van der Waals surface area (Å²) in [5.74, 6) is 0. The Morgan fingerprint density at radius 2 is 2.20 bits per heavy atom. The number of carbonyl (C=O) groups is 1. The van der Waals surface area contributed by atoms with E-state index in [4.69, 9.17) is 28.0 Å². The van der Waals surface area contributed by atoms with Gasteiger partial charge < -0.3 is 4.79 Å². The SMILES string of the molecule is CC=O.Clc1csnc1Cl. The van der Waals surface area contributed by atoms with Gasteiger partial charge in [0, 0.05) is 5.38 Å². The molecule has 1 heterocycles. The molecule has 0 aromatic carbocycles. The Balaban J connectivity index is 0.000000236. The molecular weight excluding hydrogens is 193 g/mol. The molecule has 0 aliphatic heterocycles. The van der Waals surface area contributed by atoms with E-state index >= 15 is 0 Å². The maximum atomic E-state index is 8.81. The van der Waals surface area contributed by atoms with Crippen molar-refractivity contribution in [2.75, 3.05) is 0 Å². The van der Waals surface area contributed by atoms with Gasteiger partial charge in [-0.2, -0.15) is 4.37 Å². The number of aldehydes is 1. The van der Waals surface area contributed by atoms with Crippen LogP contribution in [0.1, 0.15) is 6.92 Å². The highest BCUT2D eigenvalue weighted by Crippen LogP contribution is 2.20. The van der Waals surface area contributed by atoms with Gasteiger partial charge >= 0.3 is 0 Å². The summed E-state index contributed by atoms with van der Waals surface area (Å²) >= 11 is 12.1. The van der Waals surface area contributed by atoms with Crippen LogP contribution in [0, 0.1) is 0 Å². The summed E-state index contributed by atoms with van der Waals surface area (Å²) in [6.45, 7) is 1.44. The second-order valence-corrected chi connectivity index (χ2v) is 2.58. The van der Waals surface area contributed by atoms with Crippen LogP contribution in [0.25, 0.3) is 0 Å². The smallest absolute Gasteiger partial charge is 0.161 e. The summed E-state index contributed by atoms with van der Waals surface area (Å²) in [5.41, 5.74) is 0. The third-order valence-corrected chi connectivity index (χ3v) is 2.02. The summed E-state index contributed by atoms with van der Waals surface area (Å²) in [5, 5.41) is 2.61. The topological polar surface area (TPSA) is 30.0 Å². The van der Waals surface area contributed by atoms with Crippen molar-refractivity contribution >= 4 is 41.0 Å². The molecule has 0 atom stereocenters. The molecule has 56 valence electrons. The van der Waals surface area contributed by atoms with Crippen LogP contribution < -0.4 is 0 Å². The first kappa shape index (κ1) is 9.88. The first-order valence-corrected chi connectivity index (χ1v) is 3.96. The maximum Gasteiger partial charge on any atom is 0.161 e. The number of halogens is 2. The zero-order valence-electron chi connectivity index (χ0n) is 5.17. The van der Waals surface area contributed by atoms with Crippen LogP contribution in [-0.4, -0.2) is 10.7 Å². The van der Waals surface area contributed by atoms with Crippen LogP contribution in [0.3, 0.4) is 0 Å². The quantitative estimate of drug-likeness (QED) is 0.599. The number of hydrogen-bond donors (Lipinski definition) is 0. The largest absolute Gasteiger partial charge is 0.304 e. The predicted octanol–water partition coefficient (Wildman–Crippen LogP) is 2.66. The highest BCUT2D eigenvalue weighted by atomic mass is 35.5. The van der Waals surface area contributed by atoms with Gasteiger partial charge in [0.1, 0.15) is 6.29 Å². The fraction of sp³-hybridized carbons (Fsp3) is 0.200. The molecule has 0 unspecified atom stereocenters. The van der Waals surface area contributed by atoms with Crippen molar-refractivity contribution < 1.29 is 4.79 Å². The van der Waals surface area contributed by atoms with Crippen molar-refractivity contribution in [2.45, 2.75) is 6.92 Å². The lowest BCUT2D eigenvalue weighted by atomic mass is 10.8. The fourth-order valence-electron chi connectivity index (χ4n) is 0.211. The molecule has 0 N–H and O–H groups in total. The molecule has 5 heteroatoms. The first-order chi connectivity index (χ1) is 4.72. The Labute approximate surface area is 72.9 Å². The van der Waals surface area contributed by atoms with Crippen LogP contribution in [0.15, 0.2) is 5.38 Å². The van der Waals surface area contributed by atoms with E-state index in [9.17, 15) is 0 Å². The summed E-state index contributed by atoms with van der Waals surface area (Å²) in [4.78, 5) is 8.81. The molecule has 0 amide bonds. The van der Waals surface area contributed by atoms with E-state index in [0.717, 1.165) is 6.29 Å². The molecule has 0 saturated carbocycles. The number of nitrogens with zero attached hydrogens (tertiary/aromatic N) is 1. The third kappa shape index (κ3) is 3.82. The van der Waals surface area contributed by atoms with E-state index in [-0.39, 0.29) is 0 Å². The van der Waals surface area contributed by atoms with Crippen molar-refractivity contribution in [1.29, 1.82) is 0 Å². The van der Waals surface area contributed by atoms with Crippen LogP contribution in [0.4, 0.5) is 0 Å². The maximum absolute atomic E-state index is 8.81. The van der Waals surface area contributed by atoms with Gasteiger partial charge in [-0.15, -0.1) is 0 Å². The zero-order chi connectivity index (χ0) is 7.98. The molecular formula is C5H5Cl2NOS. The fourth-order valence-corrected chi connectivity index (χ4v) is 1.11. The van der Waals surface area contributed by atoms with E-state index < -0.39 is 0 Å². The molecule has 1 rings (SSSR count). The van der Waals surface area contributed by atoms with Crippen molar-refractivity contribution in [1.82, 2.24) is 4.37 Å². The Morgan fingerprint density at radius 1 is 1.70 bits per heavy atom. The number of hydrogen-bond acceptors (Lipinski definition) is 3. The Kier molecular flexibility index (Phi) is 5.58. The molecule has 0 spiro atoms. The Morgan fingerprint density at radius 3 is 2.30 bits per heavy atom. The van der Waals surface area contributed by atoms with Gasteiger partial charge in [-0.1, -0.05) is 23.2 Å². The minimum atomic E-state index is 0.395. The molecule has 2 nitrogen and oxygen atoms in total. The minimum absolute atomic E-state index is 0.395.